The molecular formula is C14H23N3O3S. The standard InChI is InChI=1S/C14H23N3O3S/c1-2-20-13(19)11(16)8-21-9-12(18)17-14(10-15)6-4-3-5-7-14/h11H,2-9,16H2,1H3,(H,17,18). The first-order valence-electron chi connectivity index (χ1n) is 7.25. The number of carbonyl (C=O) groups is 2. The van der Waals surface area contributed by atoms with E-state index in [0.29, 0.717) is 25.2 Å². The molecule has 0 saturated heterocycles. The largest absolute Gasteiger partial charge is 0.465 e. The van der Waals surface area contributed by atoms with E-state index in [-0.39, 0.29) is 11.7 Å². The number of ether oxygens (including phenoxy) is 1. The van der Waals surface area contributed by atoms with Crippen molar-refractivity contribution in [3.8, 4) is 6.07 Å². The SMILES string of the molecule is CCOC(=O)C(N)CSCC(=O)NC1(C#N)CCCCC1. The van der Waals surface area contributed by atoms with Crippen LogP contribution in [0, 0.1) is 11.3 Å². The number of nitrogens with one attached hydrogen (secondary N) is 1. The molecule has 1 amide bonds. The Morgan fingerprint density at radius 3 is 2.67 bits per heavy atom. The monoisotopic (exact) mass is 313 g/mol. The highest BCUT2D eigenvalue weighted by Gasteiger charge is 2.33. The van der Waals surface area contributed by atoms with E-state index in [4.69, 9.17) is 10.5 Å². The maximum absolute atomic E-state index is 11.9. The Balaban J connectivity index is 2.30. The molecule has 1 unspecified atom stereocenters. The Labute approximate surface area is 129 Å². The van der Waals surface area contributed by atoms with Crippen LogP contribution in [0.3, 0.4) is 0 Å². The summed E-state index contributed by atoms with van der Waals surface area (Å²) in [5.41, 5.74) is 4.94. The third-order valence-electron chi connectivity index (χ3n) is 3.42. The average Bonchev–Trinajstić information content (AvgIpc) is 2.48. The minimum atomic E-state index is -0.720. The molecule has 1 fully saturated rings. The fraction of sp³-hybridized carbons (Fsp3) is 0.786. The highest BCUT2D eigenvalue weighted by atomic mass is 32.2. The number of hydrogen-bond donors (Lipinski definition) is 2. The molecule has 21 heavy (non-hydrogen) atoms. The van der Waals surface area contributed by atoms with Gasteiger partial charge in [-0.25, -0.2) is 0 Å². The van der Waals surface area contributed by atoms with Crippen LogP contribution in [0.2, 0.25) is 0 Å². The van der Waals surface area contributed by atoms with E-state index in [0.717, 1.165) is 19.3 Å². The molecule has 0 radical (unpaired) electrons. The van der Waals surface area contributed by atoms with Crippen molar-refractivity contribution >= 4 is 23.6 Å². The predicted octanol–water partition coefficient (Wildman–Crippen LogP) is 0.953. The van der Waals surface area contributed by atoms with Crippen molar-refractivity contribution in [1.29, 1.82) is 5.26 Å². The molecule has 6 nitrogen and oxygen atoms in total. The lowest BCUT2D eigenvalue weighted by molar-refractivity contribution is -0.144. The van der Waals surface area contributed by atoms with Gasteiger partial charge in [0.2, 0.25) is 5.91 Å². The lowest BCUT2D eigenvalue weighted by Crippen LogP contribution is -2.49. The topological polar surface area (TPSA) is 105 Å². The zero-order chi connectivity index (χ0) is 15.7. The molecule has 0 aromatic carbocycles. The van der Waals surface area contributed by atoms with Gasteiger partial charge in [-0.2, -0.15) is 5.26 Å². The molecule has 1 atom stereocenters. The maximum Gasteiger partial charge on any atom is 0.323 e. The molecule has 1 rings (SSSR count). The van der Waals surface area contributed by atoms with Crippen molar-refractivity contribution < 1.29 is 14.3 Å². The van der Waals surface area contributed by atoms with Crippen molar-refractivity contribution in [3.63, 3.8) is 0 Å². The quantitative estimate of drug-likeness (QED) is 0.678. The molecule has 0 spiro atoms. The van der Waals surface area contributed by atoms with E-state index in [1.165, 1.54) is 11.8 Å². The number of nitriles is 1. The Hall–Kier alpha value is -1.26. The van der Waals surface area contributed by atoms with Crippen LogP contribution in [-0.4, -0.2) is 41.6 Å². The molecule has 7 heteroatoms. The fourth-order valence-corrected chi connectivity index (χ4v) is 3.08. The predicted molar refractivity (Wildman–Crippen MR) is 81.5 cm³/mol. The Morgan fingerprint density at radius 1 is 1.43 bits per heavy atom. The Kier molecular flexibility index (Phi) is 7.54. The van der Waals surface area contributed by atoms with Crippen LogP contribution in [0.1, 0.15) is 39.0 Å². The Bertz CT molecular complexity index is 403. The van der Waals surface area contributed by atoms with Crippen LogP contribution in [0.4, 0.5) is 0 Å². The van der Waals surface area contributed by atoms with Gasteiger partial charge in [-0.3, -0.25) is 9.59 Å². The van der Waals surface area contributed by atoms with Crippen LogP contribution in [0.25, 0.3) is 0 Å². The van der Waals surface area contributed by atoms with Gasteiger partial charge in [0.15, 0.2) is 0 Å². The van der Waals surface area contributed by atoms with E-state index < -0.39 is 17.6 Å². The lowest BCUT2D eigenvalue weighted by atomic mass is 9.83. The second-order valence-corrected chi connectivity index (χ2v) is 6.21. The van der Waals surface area contributed by atoms with Crippen molar-refractivity contribution in [2.45, 2.75) is 50.6 Å². The molecule has 0 aromatic heterocycles. The summed E-state index contributed by atoms with van der Waals surface area (Å²) < 4.78 is 4.80. The summed E-state index contributed by atoms with van der Waals surface area (Å²) in [6.45, 7) is 2.01. The van der Waals surface area contributed by atoms with E-state index in [9.17, 15) is 14.9 Å². The number of rotatable bonds is 7. The molecule has 0 heterocycles. The highest BCUT2D eigenvalue weighted by Crippen LogP contribution is 2.27. The van der Waals surface area contributed by atoms with Crippen molar-refractivity contribution in [3.05, 3.63) is 0 Å². The van der Waals surface area contributed by atoms with Gasteiger partial charge in [0.25, 0.3) is 0 Å². The Morgan fingerprint density at radius 2 is 2.10 bits per heavy atom. The van der Waals surface area contributed by atoms with Crippen LogP contribution in [-0.2, 0) is 14.3 Å². The normalized spacial score (nSPS) is 18.3. The summed E-state index contributed by atoms with van der Waals surface area (Å²) in [6.07, 6.45) is 4.47. The summed E-state index contributed by atoms with van der Waals surface area (Å²) in [6, 6.07) is 1.52. The summed E-state index contributed by atoms with van der Waals surface area (Å²) in [4.78, 5) is 23.2. The van der Waals surface area contributed by atoms with Crippen molar-refractivity contribution in [2.75, 3.05) is 18.1 Å². The van der Waals surface area contributed by atoms with Gasteiger partial charge in [-0.15, -0.1) is 11.8 Å². The van der Waals surface area contributed by atoms with E-state index >= 15 is 0 Å². The maximum atomic E-state index is 11.9. The number of esters is 1. The molecule has 1 saturated carbocycles. The van der Waals surface area contributed by atoms with Gasteiger partial charge in [-0.05, 0) is 19.8 Å². The summed E-state index contributed by atoms with van der Waals surface area (Å²) in [7, 11) is 0. The second-order valence-electron chi connectivity index (χ2n) is 5.18. The molecule has 118 valence electrons. The number of carbonyl (C=O) groups excluding carboxylic acids is 2. The van der Waals surface area contributed by atoms with Crippen LogP contribution < -0.4 is 11.1 Å². The van der Waals surface area contributed by atoms with Gasteiger partial charge < -0.3 is 15.8 Å². The van der Waals surface area contributed by atoms with Gasteiger partial charge >= 0.3 is 5.97 Å². The molecule has 0 bridgehead atoms. The number of amides is 1. The zero-order valence-corrected chi connectivity index (χ0v) is 13.2. The second kappa shape index (κ2) is 8.90. The number of nitrogens with two attached hydrogens (primary N) is 1. The minimum Gasteiger partial charge on any atom is -0.465 e. The van der Waals surface area contributed by atoms with Gasteiger partial charge in [0, 0.05) is 5.75 Å². The van der Waals surface area contributed by atoms with E-state index in [2.05, 4.69) is 11.4 Å². The summed E-state index contributed by atoms with van der Waals surface area (Å²) in [5, 5.41) is 12.1. The number of thioether (sulfide) groups is 1. The smallest absolute Gasteiger partial charge is 0.323 e. The van der Waals surface area contributed by atoms with Crippen molar-refractivity contribution in [2.24, 2.45) is 5.73 Å². The average molecular weight is 313 g/mol. The molecule has 0 aliphatic heterocycles. The number of hydrogen-bond acceptors (Lipinski definition) is 6. The fourth-order valence-electron chi connectivity index (χ4n) is 2.32. The molecular weight excluding hydrogens is 290 g/mol. The van der Waals surface area contributed by atoms with Gasteiger partial charge in [0.05, 0.1) is 18.4 Å². The molecule has 3 N–H and O–H groups in total. The third-order valence-corrected chi connectivity index (χ3v) is 4.48. The van der Waals surface area contributed by atoms with Gasteiger partial charge in [-0.1, -0.05) is 19.3 Å². The first-order chi connectivity index (χ1) is 10.0. The number of nitrogens with zero attached hydrogens (tertiary/aromatic N) is 1. The summed E-state index contributed by atoms with van der Waals surface area (Å²) >= 11 is 1.27. The third kappa shape index (κ3) is 5.94. The van der Waals surface area contributed by atoms with Crippen LogP contribution >= 0.6 is 11.8 Å². The molecule has 1 aliphatic carbocycles. The van der Waals surface area contributed by atoms with Crippen molar-refractivity contribution in [1.82, 2.24) is 5.32 Å². The zero-order valence-electron chi connectivity index (χ0n) is 12.4. The highest BCUT2D eigenvalue weighted by molar-refractivity contribution is 8.00. The van der Waals surface area contributed by atoms with E-state index in [1.54, 1.807) is 6.92 Å². The lowest BCUT2D eigenvalue weighted by Gasteiger charge is -2.31. The first kappa shape index (κ1) is 17.8. The van der Waals surface area contributed by atoms with Crippen LogP contribution in [0.15, 0.2) is 0 Å². The first-order valence-corrected chi connectivity index (χ1v) is 8.40. The summed E-state index contributed by atoms with van der Waals surface area (Å²) in [5.74, 6) is -0.117. The minimum absolute atomic E-state index is 0.181. The molecule has 1 aliphatic rings. The van der Waals surface area contributed by atoms with Gasteiger partial charge in [0.1, 0.15) is 11.6 Å². The molecule has 0 aromatic rings. The van der Waals surface area contributed by atoms with E-state index in [1.807, 2.05) is 0 Å². The van der Waals surface area contributed by atoms with Crippen LogP contribution in [0.5, 0.6) is 0 Å².